The van der Waals surface area contributed by atoms with Crippen molar-refractivity contribution in [3.63, 3.8) is 0 Å². The molecule has 14 heavy (non-hydrogen) atoms. The minimum absolute atomic E-state index is 0.117. The molecule has 0 aliphatic rings. The molecular formula is C12H14O2. The van der Waals surface area contributed by atoms with Crippen LogP contribution in [0.1, 0.15) is 36.5 Å². The normalized spacial score (nSPS) is 9.79. The second-order valence-corrected chi connectivity index (χ2v) is 3.34. The lowest BCUT2D eigenvalue weighted by molar-refractivity contribution is -0.117. The summed E-state index contributed by atoms with van der Waals surface area (Å²) in [5.74, 6) is 0.262. The van der Waals surface area contributed by atoms with Crippen LogP contribution in [-0.2, 0) is 4.79 Å². The van der Waals surface area contributed by atoms with E-state index in [0.29, 0.717) is 19.3 Å². The number of ketones is 2. The highest BCUT2D eigenvalue weighted by molar-refractivity contribution is 5.96. The predicted molar refractivity (Wildman–Crippen MR) is 55.3 cm³/mol. The van der Waals surface area contributed by atoms with E-state index in [0.717, 1.165) is 5.56 Å². The quantitative estimate of drug-likeness (QED) is 0.669. The molecule has 0 aliphatic carbocycles. The summed E-state index contributed by atoms with van der Waals surface area (Å²) in [7, 11) is 0. The van der Waals surface area contributed by atoms with Crippen LogP contribution in [0.3, 0.4) is 0 Å². The Morgan fingerprint density at radius 1 is 1.07 bits per heavy atom. The van der Waals surface area contributed by atoms with Gasteiger partial charge in [0.05, 0.1) is 0 Å². The van der Waals surface area contributed by atoms with Gasteiger partial charge in [0.15, 0.2) is 5.78 Å². The molecule has 74 valence electrons. The Balaban J connectivity index is 2.40. The van der Waals surface area contributed by atoms with Crippen LogP contribution in [0.15, 0.2) is 30.3 Å². The summed E-state index contributed by atoms with van der Waals surface area (Å²) in [6.45, 7) is 1.55. The molecule has 2 nitrogen and oxygen atoms in total. The van der Waals surface area contributed by atoms with Gasteiger partial charge in [0.25, 0.3) is 0 Å². The van der Waals surface area contributed by atoms with Crippen molar-refractivity contribution in [2.45, 2.75) is 26.2 Å². The summed E-state index contributed by atoms with van der Waals surface area (Å²) in [6.07, 6.45) is 1.62. The summed E-state index contributed by atoms with van der Waals surface area (Å²) in [6, 6.07) is 9.18. The zero-order valence-corrected chi connectivity index (χ0v) is 8.32. The topological polar surface area (TPSA) is 34.1 Å². The van der Waals surface area contributed by atoms with E-state index in [9.17, 15) is 9.59 Å². The average molecular weight is 190 g/mol. The number of hydrogen-bond donors (Lipinski definition) is 0. The molecule has 1 aromatic rings. The summed E-state index contributed by atoms with van der Waals surface area (Å²) < 4.78 is 0. The fourth-order valence-electron chi connectivity index (χ4n) is 1.27. The molecule has 0 aliphatic heterocycles. The van der Waals surface area contributed by atoms with E-state index < -0.39 is 0 Å². The van der Waals surface area contributed by atoms with Crippen LogP contribution in [0.4, 0.5) is 0 Å². The van der Waals surface area contributed by atoms with Gasteiger partial charge < -0.3 is 4.79 Å². The first-order valence-corrected chi connectivity index (χ1v) is 4.78. The Hall–Kier alpha value is -1.44. The van der Waals surface area contributed by atoms with E-state index in [-0.39, 0.29) is 11.6 Å². The van der Waals surface area contributed by atoms with Gasteiger partial charge in [-0.25, -0.2) is 0 Å². The Morgan fingerprint density at radius 3 is 2.29 bits per heavy atom. The van der Waals surface area contributed by atoms with Crippen LogP contribution < -0.4 is 0 Å². The van der Waals surface area contributed by atoms with Gasteiger partial charge in [0, 0.05) is 18.4 Å². The molecule has 0 spiro atoms. The van der Waals surface area contributed by atoms with Crippen molar-refractivity contribution >= 4 is 11.6 Å². The third-order valence-corrected chi connectivity index (χ3v) is 2.03. The van der Waals surface area contributed by atoms with Gasteiger partial charge in [-0.15, -0.1) is 0 Å². The fourth-order valence-corrected chi connectivity index (χ4v) is 1.27. The molecule has 0 saturated carbocycles. The van der Waals surface area contributed by atoms with Crippen molar-refractivity contribution in [2.75, 3.05) is 0 Å². The molecule has 0 fully saturated rings. The zero-order valence-electron chi connectivity index (χ0n) is 8.32. The zero-order chi connectivity index (χ0) is 10.4. The number of hydrogen-bond acceptors (Lipinski definition) is 2. The number of benzene rings is 1. The minimum atomic E-state index is 0.117. The van der Waals surface area contributed by atoms with Gasteiger partial charge in [-0.2, -0.15) is 0 Å². The molecule has 1 aromatic carbocycles. The van der Waals surface area contributed by atoms with Gasteiger partial charge in [0.1, 0.15) is 5.78 Å². The SMILES string of the molecule is CC(=O)CCCC(=O)c1ccccc1. The summed E-state index contributed by atoms with van der Waals surface area (Å²) in [4.78, 5) is 22.2. The van der Waals surface area contributed by atoms with Crippen molar-refractivity contribution in [3.05, 3.63) is 35.9 Å². The monoisotopic (exact) mass is 190 g/mol. The van der Waals surface area contributed by atoms with Crippen molar-refractivity contribution in [1.82, 2.24) is 0 Å². The first-order chi connectivity index (χ1) is 6.70. The maximum absolute atomic E-state index is 11.5. The van der Waals surface area contributed by atoms with Crippen LogP contribution >= 0.6 is 0 Å². The highest BCUT2D eigenvalue weighted by atomic mass is 16.1. The van der Waals surface area contributed by atoms with Gasteiger partial charge in [-0.05, 0) is 13.3 Å². The van der Waals surface area contributed by atoms with E-state index in [1.54, 1.807) is 19.1 Å². The van der Waals surface area contributed by atoms with Crippen LogP contribution in [0, 0.1) is 0 Å². The standard InChI is InChI=1S/C12H14O2/c1-10(13)6-5-9-12(14)11-7-3-2-4-8-11/h2-4,7-8H,5-6,9H2,1H3. The number of carbonyl (C=O) groups excluding carboxylic acids is 2. The number of rotatable bonds is 5. The first-order valence-electron chi connectivity index (χ1n) is 4.78. The Bertz CT molecular complexity index is 314. The molecule has 0 heterocycles. The molecule has 0 amide bonds. The smallest absolute Gasteiger partial charge is 0.162 e. The summed E-state index contributed by atoms with van der Waals surface area (Å²) in [5.41, 5.74) is 0.732. The molecule has 0 unspecified atom stereocenters. The molecule has 0 saturated heterocycles. The van der Waals surface area contributed by atoms with Crippen LogP contribution in [-0.4, -0.2) is 11.6 Å². The molecule has 1 rings (SSSR count). The average Bonchev–Trinajstić information content (AvgIpc) is 2.18. The molecule has 2 heteroatoms. The highest BCUT2D eigenvalue weighted by Gasteiger charge is 2.04. The minimum Gasteiger partial charge on any atom is -0.300 e. The van der Waals surface area contributed by atoms with Crippen molar-refractivity contribution in [3.8, 4) is 0 Å². The van der Waals surface area contributed by atoms with Gasteiger partial charge >= 0.3 is 0 Å². The second-order valence-electron chi connectivity index (χ2n) is 3.34. The highest BCUT2D eigenvalue weighted by Crippen LogP contribution is 2.06. The summed E-state index contributed by atoms with van der Waals surface area (Å²) in [5, 5.41) is 0. The maximum Gasteiger partial charge on any atom is 0.162 e. The maximum atomic E-state index is 11.5. The third-order valence-electron chi connectivity index (χ3n) is 2.03. The van der Waals surface area contributed by atoms with Crippen LogP contribution in [0.5, 0.6) is 0 Å². The Labute approximate surface area is 83.9 Å². The van der Waals surface area contributed by atoms with E-state index in [4.69, 9.17) is 0 Å². The van der Waals surface area contributed by atoms with Gasteiger partial charge in [0.2, 0.25) is 0 Å². The molecule has 0 bridgehead atoms. The van der Waals surface area contributed by atoms with E-state index in [2.05, 4.69) is 0 Å². The van der Waals surface area contributed by atoms with Crippen molar-refractivity contribution in [1.29, 1.82) is 0 Å². The Kier molecular flexibility index (Phi) is 4.05. The van der Waals surface area contributed by atoms with Crippen molar-refractivity contribution < 1.29 is 9.59 Å². The Morgan fingerprint density at radius 2 is 1.71 bits per heavy atom. The number of carbonyl (C=O) groups is 2. The number of Topliss-reactive ketones (excluding diaryl/α,β-unsaturated/α-hetero) is 2. The van der Waals surface area contributed by atoms with Crippen LogP contribution in [0.2, 0.25) is 0 Å². The van der Waals surface area contributed by atoms with Gasteiger partial charge in [-0.1, -0.05) is 30.3 Å². The molecule has 0 radical (unpaired) electrons. The molecule has 0 aromatic heterocycles. The lowest BCUT2D eigenvalue weighted by Gasteiger charge is -1.98. The second kappa shape index (κ2) is 5.32. The van der Waals surface area contributed by atoms with Crippen LogP contribution in [0.25, 0.3) is 0 Å². The predicted octanol–water partition coefficient (Wildman–Crippen LogP) is 2.63. The molecule has 0 atom stereocenters. The fraction of sp³-hybridized carbons (Fsp3) is 0.333. The van der Waals surface area contributed by atoms with E-state index >= 15 is 0 Å². The van der Waals surface area contributed by atoms with Gasteiger partial charge in [-0.3, -0.25) is 4.79 Å². The van der Waals surface area contributed by atoms with E-state index in [1.165, 1.54) is 0 Å². The van der Waals surface area contributed by atoms with Crippen molar-refractivity contribution in [2.24, 2.45) is 0 Å². The molecular weight excluding hydrogens is 176 g/mol. The third kappa shape index (κ3) is 3.52. The lowest BCUT2D eigenvalue weighted by Crippen LogP contribution is -2.00. The summed E-state index contributed by atoms with van der Waals surface area (Å²) >= 11 is 0. The lowest BCUT2D eigenvalue weighted by atomic mass is 10.0. The largest absolute Gasteiger partial charge is 0.300 e. The first kappa shape index (κ1) is 10.6. The van der Waals surface area contributed by atoms with E-state index in [1.807, 2.05) is 18.2 Å². The molecule has 0 N–H and O–H groups in total.